The first-order valence-corrected chi connectivity index (χ1v) is 23.0. The molecule has 21 nitrogen and oxygen atoms in total. The number of benzene rings is 6. The second-order valence-electron chi connectivity index (χ2n) is 13.2. The molecule has 6 aromatic rings. The summed E-state index contributed by atoms with van der Waals surface area (Å²) in [4.78, 5) is 10.2. The van der Waals surface area contributed by atoms with Gasteiger partial charge < -0.3 is 20.1 Å². The van der Waals surface area contributed by atoms with Crippen molar-refractivity contribution in [2.45, 2.75) is 33.4 Å². The van der Waals surface area contributed by atoms with Gasteiger partial charge in [0.15, 0.2) is 0 Å². The van der Waals surface area contributed by atoms with Crippen LogP contribution in [0.1, 0.15) is 11.1 Å². The molecule has 25 heteroatoms. The number of hydrogen-bond donors (Lipinski definition) is 6. The fourth-order valence-electron chi connectivity index (χ4n) is 6.03. The Morgan fingerprint density at radius 1 is 0.500 bits per heavy atom. The third kappa shape index (κ3) is 10.0. The van der Waals surface area contributed by atoms with Gasteiger partial charge in [-0.15, -0.1) is 0 Å². The first kappa shape index (κ1) is 45.1. The van der Waals surface area contributed by atoms with Gasteiger partial charge in [0.1, 0.15) is 21.3 Å². The number of hydrogen-bond acceptors (Lipinski definition) is 15. The zero-order valence-corrected chi connectivity index (χ0v) is 35.6. The SMILES string of the molecule is COc1cc(N=Nc2ccc3c(S(=O)(=O)O)cc(S(=O)(=O)O)cc3c2)c(C)cc1NC(=O)Nc1cc(C)c(N=Nc2ccc3cc(S(=O)(=O)O)cc(S(=O)(=O)O)c3c2)cc1OC. The highest BCUT2D eigenvalue weighted by Crippen LogP contribution is 2.38. The third-order valence-corrected chi connectivity index (χ3v) is 12.4. The Kier molecular flexibility index (Phi) is 12.2. The van der Waals surface area contributed by atoms with Gasteiger partial charge in [0.25, 0.3) is 40.5 Å². The van der Waals surface area contributed by atoms with E-state index in [1.54, 1.807) is 26.0 Å². The zero-order chi connectivity index (χ0) is 45.5. The van der Waals surface area contributed by atoms with Crippen LogP contribution in [0.4, 0.5) is 38.9 Å². The number of carbonyl (C=O) groups excluding carboxylic acids is 1. The lowest BCUT2D eigenvalue weighted by Crippen LogP contribution is -2.20. The lowest BCUT2D eigenvalue weighted by Gasteiger charge is -2.15. The van der Waals surface area contributed by atoms with Gasteiger partial charge >= 0.3 is 6.03 Å². The molecule has 0 spiro atoms. The summed E-state index contributed by atoms with van der Waals surface area (Å²) in [5.74, 6) is 0.338. The number of rotatable bonds is 12. The Morgan fingerprint density at radius 3 is 1.39 bits per heavy atom. The quantitative estimate of drug-likeness (QED) is 0.0499. The van der Waals surface area contributed by atoms with Gasteiger partial charge in [0.05, 0.1) is 58.1 Å². The molecule has 0 bridgehead atoms. The van der Waals surface area contributed by atoms with Crippen molar-refractivity contribution in [3.8, 4) is 11.5 Å². The van der Waals surface area contributed by atoms with Crippen molar-refractivity contribution in [3.05, 3.63) is 96.1 Å². The Morgan fingerprint density at radius 2 is 0.935 bits per heavy atom. The van der Waals surface area contributed by atoms with Crippen LogP contribution >= 0.6 is 0 Å². The van der Waals surface area contributed by atoms with Crippen LogP contribution in [0.5, 0.6) is 11.5 Å². The van der Waals surface area contributed by atoms with E-state index >= 15 is 0 Å². The molecule has 0 aliphatic heterocycles. The molecule has 0 saturated carbocycles. The molecule has 2 amide bonds. The van der Waals surface area contributed by atoms with Crippen LogP contribution in [0.3, 0.4) is 0 Å². The first-order valence-electron chi connectivity index (χ1n) is 17.2. The van der Waals surface area contributed by atoms with E-state index in [-0.39, 0.29) is 67.2 Å². The molecule has 0 radical (unpaired) electrons. The number of methoxy groups -OCH3 is 2. The van der Waals surface area contributed by atoms with Crippen molar-refractivity contribution >= 4 is 102 Å². The van der Waals surface area contributed by atoms with Crippen LogP contribution in [0.25, 0.3) is 21.5 Å². The lowest BCUT2D eigenvalue weighted by molar-refractivity contribution is 0.262. The van der Waals surface area contributed by atoms with Gasteiger partial charge in [-0.05, 0) is 96.4 Å². The summed E-state index contributed by atoms with van der Waals surface area (Å²) in [6, 6.07) is 16.5. The van der Waals surface area contributed by atoms with Crippen LogP contribution in [-0.2, 0) is 40.5 Å². The Balaban J connectivity index is 1.21. The highest BCUT2D eigenvalue weighted by Gasteiger charge is 2.23. The Bertz CT molecular complexity index is 3380. The van der Waals surface area contributed by atoms with E-state index in [1.165, 1.54) is 62.8 Å². The number of ether oxygens (including phenoxy) is 2. The number of nitrogens with zero attached hydrogens (tertiary/aromatic N) is 4. The van der Waals surface area contributed by atoms with Crippen molar-refractivity contribution < 1.29 is 66.2 Å². The summed E-state index contributed by atoms with van der Waals surface area (Å²) in [5, 5.41) is 22.1. The summed E-state index contributed by atoms with van der Waals surface area (Å²) in [5.41, 5.74) is 2.30. The summed E-state index contributed by atoms with van der Waals surface area (Å²) in [6.45, 7) is 3.33. The number of amides is 2. The van der Waals surface area contributed by atoms with Gasteiger partial charge in [0, 0.05) is 22.9 Å². The van der Waals surface area contributed by atoms with E-state index < -0.39 is 66.1 Å². The van der Waals surface area contributed by atoms with Gasteiger partial charge in [-0.1, -0.05) is 12.1 Å². The van der Waals surface area contributed by atoms with E-state index in [1.807, 2.05) is 0 Å². The van der Waals surface area contributed by atoms with E-state index in [0.717, 1.165) is 12.1 Å². The largest absolute Gasteiger partial charge is 0.494 e. The topological polar surface area (TPSA) is 327 Å². The predicted octanol–water partition coefficient (Wildman–Crippen LogP) is 8.09. The van der Waals surface area contributed by atoms with Crippen LogP contribution in [0.15, 0.2) is 125 Å². The molecule has 0 saturated heterocycles. The molecule has 0 aromatic heterocycles. The van der Waals surface area contributed by atoms with Crippen LogP contribution in [0, 0.1) is 13.8 Å². The predicted molar refractivity (Wildman–Crippen MR) is 224 cm³/mol. The Hall–Kier alpha value is -6.45. The molecular formula is C37H32N6O15S4. The zero-order valence-electron chi connectivity index (χ0n) is 32.3. The molecule has 0 atom stereocenters. The van der Waals surface area contributed by atoms with Gasteiger partial charge in [-0.2, -0.15) is 54.1 Å². The van der Waals surface area contributed by atoms with Crippen molar-refractivity contribution in [1.29, 1.82) is 0 Å². The highest BCUT2D eigenvalue weighted by atomic mass is 32.2. The number of fused-ring (bicyclic) bond motifs is 2. The van der Waals surface area contributed by atoms with Crippen LogP contribution in [-0.4, -0.2) is 72.1 Å². The van der Waals surface area contributed by atoms with E-state index in [9.17, 15) is 56.7 Å². The van der Waals surface area contributed by atoms with Crippen molar-refractivity contribution in [1.82, 2.24) is 0 Å². The van der Waals surface area contributed by atoms with E-state index in [0.29, 0.717) is 23.3 Å². The summed E-state index contributed by atoms with van der Waals surface area (Å²) >= 11 is 0. The molecule has 0 heterocycles. The standard InChI is InChI=1S/C37H32N6O15S4/c1-19-9-31(33(57-3)17-29(19)42-40-23-7-8-27-22(11-23)13-26(60(48,49)50)15-35(27)61(51,52)53)38-37(44)39-32-10-20(2)30(18-34(32)58-4)43-41-24-6-5-21-12-25(59(45,46)47)16-36(28(21)14-24)62(54,55)56/h5-18H,1-4H3,(H2,38,39,44)(H,45,46,47)(H,48,49,50)(H,51,52,53)(H,54,55,56). The number of azo groups is 2. The molecule has 6 N–H and O–H groups in total. The number of urea groups is 1. The van der Waals surface area contributed by atoms with E-state index in [2.05, 4.69) is 31.1 Å². The highest BCUT2D eigenvalue weighted by molar-refractivity contribution is 7.87. The first-order chi connectivity index (χ1) is 28.8. The molecular weight excluding hydrogens is 897 g/mol. The number of nitrogens with one attached hydrogen (secondary N) is 2. The molecule has 62 heavy (non-hydrogen) atoms. The molecule has 6 rings (SSSR count). The molecule has 0 aliphatic rings. The number of aryl methyl sites for hydroxylation is 2. The summed E-state index contributed by atoms with van der Waals surface area (Å²) < 4.78 is 144. The number of anilines is 2. The minimum absolute atomic E-state index is 0.0121. The average Bonchev–Trinajstić information content (AvgIpc) is 3.17. The molecule has 324 valence electrons. The van der Waals surface area contributed by atoms with Crippen LogP contribution < -0.4 is 20.1 Å². The third-order valence-electron chi connectivity index (χ3n) is 8.98. The van der Waals surface area contributed by atoms with Gasteiger partial charge in [-0.3, -0.25) is 18.2 Å². The summed E-state index contributed by atoms with van der Waals surface area (Å²) in [7, 11) is -16.8. The molecule has 0 fully saturated rings. The second-order valence-corrected chi connectivity index (χ2v) is 18.8. The minimum atomic E-state index is -4.94. The average molecular weight is 929 g/mol. The van der Waals surface area contributed by atoms with Crippen molar-refractivity contribution in [2.24, 2.45) is 20.5 Å². The number of carbonyl (C=O) groups is 1. The van der Waals surface area contributed by atoms with Gasteiger partial charge in [0.2, 0.25) is 0 Å². The maximum atomic E-state index is 13.3. The maximum absolute atomic E-state index is 13.3. The van der Waals surface area contributed by atoms with Gasteiger partial charge in [-0.25, -0.2) is 4.79 Å². The Labute approximate surface area is 353 Å². The monoisotopic (exact) mass is 928 g/mol. The van der Waals surface area contributed by atoms with Crippen molar-refractivity contribution in [2.75, 3.05) is 24.9 Å². The van der Waals surface area contributed by atoms with Crippen LogP contribution in [0.2, 0.25) is 0 Å². The fraction of sp³-hybridized carbons (Fsp3) is 0.108. The van der Waals surface area contributed by atoms with Crippen molar-refractivity contribution in [3.63, 3.8) is 0 Å². The molecule has 6 aromatic carbocycles. The normalized spacial score (nSPS) is 12.6. The molecule has 0 unspecified atom stereocenters. The molecule has 0 aliphatic carbocycles. The maximum Gasteiger partial charge on any atom is 0.323 e. The minimum Gasteiger partial charge on any atom is -0.494 e. The lowest BCUT2D eigenvalue weighted by atomic mass is 10.1. The fourth-order valence-corrected chi connectivity index (χ4v) is 8.74. The second kappa shape index (κ2) is 16.8. The summed E-state index contributed by atoms with van der Waals surface area (Å²) in [6.07, 6.45) is 0. The van der Waals surface area contributed by atoms with E-state index in [4.69, 9.17) is 9.47 Å². The smallest absolute Gasteiger partial charge is 0.323 e.